The summed E-state index contributed by atoms with van der Waals surface area (Å²) in [7, 11) is 0. The Kier molecular flexibility index (Phi) is 3.10. The Labute approximate surface area is 91.0 Å². The summed E-state index contributed by atoms with van der Waals surface area (Å²) in [5.74, 6) is 2.29. The van der Waals surface area contributed by atoms with Crippen LogP contribution in [0.5, 0.6) is 0 Å². The monoisotopic (exact) mass is 208 g/mol. The average Bonchev–Trinajstić information content (AvgIpc) is 2.61. The van der Waals surface area contributed by atoms with Crippen molar-refractivity contribution in [2.45, 2.75) is 45.4 Å². The topological polar surface area (TPSA) is 52.0 Å². The van der Waals surface area contributed by atoms with Crippen LogP contribution in [0.15, 0.2) is 4.52 Å². The molecule has 2 rings (SSSR count). The summed E-state index contributed by atoms with van der Waals surface area (Å²) in [6, 6.07) is 0. The fourth-order valence-electron chi connectivity index (χ4n) is 2.43. The minimum Gasteiger partial charge on any atom is -0.361 e. The summed E-state index contributed by atoms with van der Waals surface area (Å²) >= 11 is 0. The van der Waals surface area contributed by atoms with Gasteiger partial charge in [-0.15, -0.1) is 0 Å². The van der Waals surface area contributed by atoms with Crippen molar-refractivity contribution >= 4 is 0 Å². The van der Waals surface area contributed by atoms with Crippen LogP contribution in [0, 0.1) is 5.92 Å². The second-order valence-electron chi connectivity index (χ2n) is 4.81. The molecule has 15 heavy (non-hydrogen) atoms. The fourth-order valence-corrected chi connectivity index (χ4v) is 2.43. The van der Waals surface area contributed by atoms with Crippen LogP contribution in [0.4, 0.5) is 0 Å². The Morgan fingerprint density at radius 2 is 2.33 bits per heavy atom. The molecule has 0 aliphatic heterocycles. The number of hydrogen-bond donors (Lipinski definition) is 1. The van der Waals surface area contributed by atoms with Crippen LogP contribution in [-0.4, -0.2) is 11.7 Å². The van der Waals surface area contributed by atoms with Gasteiger partial charge in [0, 0.05) is 12.0 Å². The van der Waals surface area contributed by atoms with Gasteiger partial charge in [0.25, 0.3) is 0 Å². The quantitative estimate of drug-likeness (QED) is 0.829. The van der Waals surface area contributed by atoms with E-state index in [0.29, 0.717) is 11.8 Å². The predicted molar refractivity (Wildman–Crippen MR) is 59.8 cm³/mol. The maximum Gasteiger partial charge on any atom is 0.140 e. The summed E-state index contributed by atoms with van der Waals surface area (Å²) in [6.07, 6.45) is 4.51. The van der Waals surface area contributed by atoms with Gasteiger partial charge < -0.3 is 10.3 Å². The lowest BCUT2D eigenvalue weighted by atomic mass is 9.84. The Bertz CT molecular complexity index is 330. The molecule has 84 valence electrons. The van der Waals surface area contributed by atoms with Crippen molar-refractivity contribution in [1.29, 1.82) is 0 Å². The van der Waals surface area contributed by atoms with Crippen molar-refractivity contribution in [2.75, 3.05) is 6.54 Å². The van der Waals surface area contributed by atoms with Crippen molar-refractivity contribution < 1.29 is 4.52 Å². The molecule has 0 aromatic carbocycles. The number of nitrogens with two attached hydrogens (primary N) is 1. The third-order valence-electron chi connectivity index (χ3n) is 3.30. The zero-order chi connectivity index (χ0) is 10.8. The molecule has 2 N–H and O–H groups in total. The highest BCUT2D eigenvalue weighted by atomic mass is 16.5. The van der Waals surface area contributed by atoms with Gasteiger partial charge in [0.1, 0.15) is 5.76 Å². The molecule has 1 aliphatic rings. The first-order valence-corrected chi connectivity index (χ1v) is 5.89. The van der Waals surface area contributed by atoms with Gasteiger partial charge in [0.2, 0.25) is 0 Å². The first-order valence-electron chi connectivity index (χ1n) is 5.89. The Balaban J connectivity index is 2.15. The molecule has 0 fully saturated rings. The van der Waals surface area contributed by atoms with Crippen LogP contribution in [0.3, 0.4) is 0 Å². The third-order valence-corrected chi connectivity index (χ3v) is 3.30. The molecule has 0 saturated carbocycles. The number of hydrogen-bond acceptors (Lipinski definition) is 3. The molecule has 0 amide bonds. The normalized spacial score (nSPS) is 20.7. The van der Waals surface area contributed by atoms with E-state index in [-0.39, 0.29) is 0 Å². The number of aromatic nitrogens is 1. The lowest BCUT2D eigenvalue weighted by molar-refractivity contribution is 0.327. The van der Waals surface area contributed by atoms with E-state index in [2.05, 4.69) is 19.0 Å². The van der Waals surface area contributed by atoms with E-state index >= 15 is 0 Å². The second kappa shape index (κ2) is 4.35. The zero-order valence-corrected chi connectivity index (χ0v) is 9.62. The Morgan fingerprint density at radius 1 is 1.53 bits per heavy atom. The molecule has 1 atom stereocenters. The molecule has 0 spiro atoms. The van der Waals surface area contributed by atoms with Crippen LogP contribution in [0.2, 0.25) is 0 Å². The van der Waals surface area contributed by atoms with Crippen molar-refractivity contribution in [1.82, 2.24) is 5.16 Å². The molecule has 1 heterocycles. The maximum atomic E-state index is 5.59. The van der Waals surface area contributed by atoms with Crippen LogP contribution in [-0.2, 0) is 12.8 Å². The predicted octanol–water partition coefficient (Wildman–Crippen LogP) is 2.25. The molecule has 0 saturated heterocycles. The molecule has 0 radical (unpaired) electrons. The van der Waals surface area contributed by atoms with Gasteiger partial charge in [-0.25, -0.2) is 0 Å². The van der Waals surface area contributed by atoms with Crippen LogP contribution < -0.4 is 5.73 Å². The molecule has 1 unspecified atom stereocenters. The third kappa shape index (κ3) is 2.07. The molecule has 0 bridgehead atoms. The van der Waals surface area contributed by atoms with Crippen LogP contribution >= 0.6 is 0 Å². The van der Waals surface area contributed by atoms with E-state index in [9.17, 15) is 0 Å². The van der Waals surface area contributed by atoms with Crippen molar-refractivity contribution in [3.8, 4) is 0 Å². The van der Waals surface area contributed by atoms with Gasteiger partial charge in [0.05, 0.1) is 5.69 Å². The van der Waals surface area contributed by atoms with E-state index in [0.717, 1.165) is 37.3 Å². The fraction of sp³-hybridized carbons (Fsp3) is 0.750. The lowest BCUT2D eigenvalue weighted by Gasteiger charge is -2.20. The highest BCUT2D eigenvalue weighted by Crippen LogP contribution is 2.32. The summed E-state index contributed by atoms with van der Waals surface area (Å²) in [4.78, 5) is 0. The minimum absolute atomic E-state index is 0.476. The van der Waals surface area contributed by atoms with Gasteiger partial charge in [-0.05, 0) is 37.6 Å². The first kappa shape index (κ1) is 10.7. The molecule has 3 nitrogen and oxygen atoms in total. The van der Waals surface area contributed by atoms with Crippen LogP contribution in [0.1, 0.15) is 49.6 Å². The van der Waals surface area contributed by atoms with E-state index in [1.165, 1.54) is 12.0 Å². The van der Waals surface area contributed by atoms with Gasteiger partial charge in [0.15, 0.2) is 0 Å². The summed E-state index contributed by atoms with van der Waals surface area (Å²) in [6.45, 7) is 5.12. The largest absolute Gasteiger partial charge is 0.361 e. The van der Waals surface area contributed by atoms with Crippen molar-refractivity contribution in [3.05, 3.63) is 17.0 Å². The lowest BCUT2D eigenvalue weighted by Crippen LogP contribution is -2.17. The standard InChI is InChI=1S/C12H20N2O/c1-8(2)12-10-4-3-9(5-6-13)7-11(10)15-14-12/h8-9H,3-7,13H2,1-2H3. The molecular weight excluding hydrogens is 188 g/mol. The minimum atomic E-state index is 0.476. The summed E-state index contributed by atoms with van der Waals surface area (Å²) < 4.78 is 5.43. The molecule has 1 aliphatic carbocycles. The zero-order valence-electron chi connectivity index (χ0n) is 9.62. The van der Waals surface area contributed by atoms with E-state index in [1.54, 1.807) is 0 Å². The van der Waals surface area contributed by atoms with E-state index < -0.39 is 0 Å². The molecule has 3 heteroatoms. The van der Waals surface area contributed by atoms with Crippen molar-refractivity contribution in [3.63, 3.8) is 0 Å². The molecule has 1 aromatic rings. The Hall–Kier alpha value is -0.830. The number of fused-ring (bicyclic) bond motifs is 1. The van der Waals surface area contributed by atoms with Gasteiger partial charge in [-0.3, -0.25) is 0 Å². The number of rotatable bonds is 3. The van der Waals surface area contributed by atoms with E-state index in [1.807, 2.05) is 0 Å². The molecular formula is C12H20N2O. The first-order chi connectivity index (χ1) is 7.22. The number of nitrogens with zero attached hydrogens (tertiary/aromatic N) is 1. The highest BCUT2D eigenvalue weighted by molar-refractivity contribution is 5.27. The van der Waals surface area contributed by atoms with E-state index in [4.69, 9.17) is 10.3 Å². The molecule has 1 aromatic heterocycles. The summed E-state index contributed by atoms with van der Waals surface area (Å²) in [5, 5.41) is 4.19. The average molecular weight is 208 g/mol. The highest BCUT2D eigenvalue weighted by Gasteiger charge is 2.25. The van der Waals surface area contributed by atoms with Gasteiger partial charge in [-0.1, -0.05) is 19.0 Å². The smallest absolute Gasteiger partial charge is 0.140 e. The Morgan fingerprint density at radius 3 is 3.00 bits per heavy atom. The van der Waals surface area contributed by atoms with Gasteiger partial charge in [-0.2, -0.15) is 0 Å². The van der Waals surface area contributed by atoms with Gasteiger partial charge >= 0.3 is 0 Å². The second-order valence-corrected chi connectivity index (χ2v) is 4.81. The van der Waals surface area contributed by atoms with Crippen LogP contribution in [0.25, 0.3) is 0 Å². The summed E-state index contributed by atoms with van der Waals surface area (Å²) in [5.41, 5.74) is 8.12. The SMILES string of the molecule is CC(C)c1noc2c1CCC(CCN)C2. The van der Waals surface area contributed by atoms with Crippen molar-refractivity contribution in [2.24, 2.45) is 11.7 Å². The maximum absolute atomic E-state index is 5.59.